The minimum absolute atomic E-state index is 0.336. The van der Waals surface area contributed by atoms with Crippen molar-refractivity contribution in [3.05, 3.63) is 106 Å². The topological polar surface area (TPSA) is 61.6 Å². The van der Waals surface area contributed by atoms with Crippen LogP contribution in [0.25, 0.3) is 22.2 Å². The van der Waals surface area contributed by atoms with E-state index in [4.69, 9.17) is 4.98 Å². The van der Waals surface area contributed by atoms with E-state index in [0.29, 0.717) is 11.5 Å². The van der Waals surface area contributed by atoms with Crippen molar-refractivity contribution >= 4 is 33.9 Å². The van der Waals surface area contributed by atoms with E-state index < -0.39 is 5.97 Å². The fraction of sp³-hybridized carbons (Fsp3) is 0.351. The predicted octanol–water partition coefficient (Wildman–Crippen LogP) is 8.52. The van der Waals surface area contributed by atoms with Gasteiger partial charge in [-0.3, -0.25) is 4.90 Å². The highest BCUT2D eigenvalue weighted by atomic mass is 32.1. The number of piperazine rings is 1. The van der Waals surface area contributed by atoms with E-state index in [1.807, 2.05) is 12.1 Å². The Morgan fingerprint density at radius 3 is 2.39 bits per heavy atom. The van der Waals surface area contributed by atoms with Crippen LogP contribution >= 0.6 is 11.3 Å². The average molecular weight is 607 g/mol. The van der Waals surface area contributed by atoms with Gasteiger partial charge in [-0.1, -0.05) is 75.2 Å². The van der Waals surface area contributed by atoms with Gasteiger partial charge < -0.3 is 14.6 Å². The molecule has 0 saturated carbocycles. The Bertz CT molecular complexity index is 1690. The Morgan fingerprint density at radius 1 is 0.909 bits per heavy atom. The van der Waals surface area contributed by atoms with Crippen LogP contribution in [-0.4, -0.2) is 51.7 Å². The number of aromatic carboxylic acids is 1. The lowest BCUT2D eigenvalue weighted by atomic mass is 9.90. The second kappa shape index (κ2) is 13.8. The molecule has 6 rings (SSSR count). The minimum Gasteiger partial charge on any atom is -0.478 e. The maximum atomic E-state index is 11.4. The van der Waals surface area contributed by atoms with E-state index in [0.717, 1.165) is 55.7 Å². The maximum absolute atomic E-state index is 11.4. The number of nitrogens with zero attached hydrogens (tertiary/aromatic N) is 4. The Kier molecular flexibility index (Phi) is 9.43. The first-order chi connectivity index (χ1) is 21.5. The Balaban J connectivity index is 1.13. The number of hydrogen-bond donors (Lipinski definition) is 1. The SMILES string of the molecule is CCCC(CCC)c1ccc(Cn2cc(-c3csc(CN4CCN(c5cccc(C(=O)O)c5)CC4)n3)c3ccccc32)cc1. The number of aromatic nitrogens is 2. The first-order valence-corrected chi connectivity index (χ1v) is 16.8. The van der Waals surface area contributed by atoms with Crippen LogP contribution in [0.3, 0.4) is 0 Å². The third-order valence-electron chi connectivity index (χ3n) is 8.88. The minimum atomic E-state index is -0.884. The molecule has 0 amide bonds. The molecule has 3 aromatic carbocycles. The van der Waals surface area contributed by atoms with Crippen LogP contribution in [0.15, 0.2) is 84.4 Å². The van der Waals surface area contributed by atoms with E-state index in [-0.39, 0.29) is 0 Å². The molecule has 2 aromatic heterocycles. The monoisotopic (exact) mass is 606 g/mol. The van der Waals surface area contributed by atoms with Crippen molar-refractivity contribution in [1.82, 2.24) is 14.5 Å². The lowest BCUT2D eigenvalue weighted by Gasteiger charge is -2.35. The van der Waals surface area contributed by atoms with Gasteiger partial charge in [0.1, 0.15) is 5.01 Å². The van der Waals surface area contributed by atoms with Crippen molar-refractivity contribution in [3.8, 4) is 11.3 Å². The molecule has 0 aliphatic carbocycles. The number of hydrogen-bond acceptors (Lipinski definition) is 5. The molecule has 1 aliphatic heterocycles. The Morgan fingerprint density at radius 2 is 1.66 bits per heavy atom. The number of rotatable bonds is 12. The predicted molar refractivity (Wildman–Crippen MR) is 182 cm³/mol. The van der Waals surface area contributed by atoms with Gasteiger partial charge in [0.25, 0.3) is 0 Å². The number of carbonyl (C=O) groups is 1. The van der Waals surface area contributed by atoms with Crippen LogP contribution in [0.5, 0.6) is 0 Å². The fourth-order valence-electron chi connectivity index (χ4n) is 6.55. The lowest BCUT2D eigenvalue weighted by molar-refractivity contribution is 0.0697. The zero-order valence-corrected chi connectivity index (χ0v) is 26.6. The highest BCUT2D eigenvalue weighted by molar-refractivity contribution is 7.09. The molecule has 6 nitrogen and oxygen atoms in total. The molecule has 1 saturated heterocycles. The van der Waals surface area contributed by atoms with Crippen LogP contribution in [0.2, 0.25) is 0 Å². The van der Waals surface area contributed by atoms with Crippen LogP contribution in [-0.2, 0) is 13.1 Å². The second-order valence-corrected chi connectivity index (χ2v) is 12.9. The molecule has 7 heteroatoms. The van der Waals surface area contributed by atoms with E-state index >= 15 is 0 Å². The third kappa shape index (κ3) is 6.74. The number of fused-ring (bicyclic) bond motifs is 1. The molecule has 1 aliphatic rings. The number of carboxylic acids is 1. The van der Waals surface area contributed by atoms with Crippen molar-refractivity contribution in [2.45, 2.75) is 58.5 Å². The van der Waals surface area contributed by atoms with Gasteiger partial charge in [0.2, 0.25) is 0 Å². The first kappa shape index (κ1) is 30.1. The number of para-hydroxylation sites is 1. The van der Waals surface area contributed by atoms with E-state index in [2.05, 4.69) is 88.3 Å². The number of anilines is 1. The summed E-state index contributed by atoms with van der Waals surface area (Å²) in [6, 6.07) is 25.2. The molecular weight excluding hydrogens is 565 g/mol. The zero-order chi connectivity index (χ0) is 30.5. The third-order valence-corrected chi connectivity index (χ3v) is 9.72. The van der Waals surface area contributed by atoms with Crippen molar-refractivity contribution in [2.75, 3.05) is 31.1 Å². The molecular formula is C37H42N4O2S. The zero-order valence-electron chi connectivity index (χ0n) is 25.8. The van der Waals surface area contributed by atoms with E-state index in [1.54, 1.807) is 23.5 Å². The standard InChI is InChI=1S/C37H42N4O2S/c1-3-8-28(9-4-2)29-16-14-27(15-17-29)23-41-24-33(32-12-5-6-13-35(32)41)34-26-44-36(38-34)25-39-18-20-40(21-19-39)31-11-7-10-30(22-31)37(42)43/h5-7,10-17,22,24,26,28H,3-4,8-9,18-21,23,25H2,1-2H3,(H,42,43). The average Bonchev–Trinajstić information content (AvgIpc) is 3.66. The van der Waals surface area contributed by atoms with Crippen LogP contribution in [0, 0.1) is 0 Å². The number of carboxylic acid groups (broad SMARTS) is 1. The molecule has 0 radical (unpaired) electrons. The van der Waals surface area contributed by atoms with E-state index in [1.165, 1.54) is 53.3 Å². The molecule has 3 heterocycles. The summed E-state index contributed by atoms with van der Waals surface area (Å²) in [4.78, 5) is 21.2. The Hall–Kier alpha value is -3.94. The van der Waals surface area contributed by atoms with Crippen molar-refractivity contribution in [3.63, 3.8) is 0 Å². The van der Waals surface area contributed by atoms with Gasteiger partial charge in [0.15, 0.2) is 0 Å². The van der Waals surface area contributed by atoms with Gasteiger partial charge >= 0.3 is 5.97 Å². The van der Waals surface area contributed by atoms with Gasteiger partial charge in [0, 0.05) is 66.5 Å². The molecule has 5 aromatic rings. The summed E-state index contributed by atoms with van der Waals surface area (Å²) in [7, 11) is 0. The molecule has 0 unspecified atom stereocenters. The molecule has 0 atom stereocenters. The number of benzene rings is 3. The highest BCUT2D eigenvalue weighted by Gasteiger charge is 2.20. The molecule has 1 fully saturated rings. The first-order valence-electron chi connectivity index (χ1n) is 15.9. The smallest absolute Gasteiger partial charge is 0.335 e. The van der Waals surface area contributed by atoms with E-state index in [9.17, 15) is 9.90 Å². The summed E-state index contributed by atoms with van der Waals surface area (Å²) in [6.07, 6.45) is 7.25. The summed E-state index contributed by atoms with van der Waals surface area (Å²) >= 11 is 1.73. The van der Waals surface area contributed by atoms with Gasteiger partial charge in [-0.25, -0.2) is 9.78 Å². The lowest BCUT2D eigenvalue weighted by Crippen LogP contribution is -2.46. The van der Waals surface area contributed by atoms with Crippen molar-refractivity contribution in [1.29, 1.82) is 0 Å². The fourth-order valence-corrected chi connectivity index (χ4v) is 7.38. The van der Waals surface area contributed by atoms with Gasteiger partial charge in [0.05, 0.1) is 17.8 Å². The quantitative estimate of drug-likeness (QED) is 0.154. The number of thiazole rings is 1. The molecule has 1 N–H and O–H groups in total. The van der Waals surface area contributed by atoms with Gasteiger partial charge in [-0.2, -0.15) is 0 Å². The molecule has 0 spiro atoms. The maximum Gasteiger partial charge on any atom is 0.335 e. The van der Waals surface area contributed by atoms with Crippen LogP contribution in [0.4, 0.5) is 5.69 Å². The summed E-state index contributed by atoms with van der Waals surface area (Å²) in [6.45, 7) is 9.81. The van der Waals surface area contributed by atoms with Crippen molar-refractivity contribution in [2.24, 2.45) is 0 Å². The summed E-state index contributed by atoms with van der Waals surface area (Å²) in [5.74, 6) is -0.221. The molecule has 0 bridgehead atoms. The van der Waals surface area contributed by atoms with Crippen molar-refractivity contribution < 1.29 is 9.90 Å². The Labute approximate surface area is 264 Å². The van der Waals surface area contributed by atoms with Crippen LogP contribution in [0.1, 0.15) is 71.9 Å². The van der Waals surface area contributed by atoms with Gasteiger partial charge in [-0.05, 0) is 54.2 Å². The van der Waals surface area contributed by atoms with Gasteiger partial charge in [-0.15, -0.1) is 11.3 Å². The molecule has 44 heavy (non-hydrogen) atoms. The summed E-state index contributed by atoms with van der Waals surface area (Å²) < 4.78 is 2.37. The summed E-state index contributed by atoms with van der Waals surface area (Å²) in [5, 5.41) is 13.9. The molecule has 228 valence electrons. The second-order valence-electron chi connectivity index (χ2n) is 11.9. The normalized spacial score (nSPS) is 14.1. The van der Waals surface area contributed by atoms with Crippen LogP contribution < -0.4 is 4.90 Å². The highest BCUT2D eigenvalue weighted by Crippen LogP contribution is 2.33. The summed E-state index contributed by atoms with van der Waals surface area (Å²) in [5.41, 5.74) is 7.57. The largest absolute Gasteiger partial charge is 0.478 e.